The molecule has 6 nitrogen and oxygen atoms in total. The lowest BCUT2D eigenvalue weighted by molar-refractivity contribution is -0.142. The van der Waals surface area contributed by atoms with Crippen LogP contribution in [0.4, 0.5) is 0 Å². The van der Waals surface area contributed by atoms with Gasteiger partial charge >= 0.3 is 11.9 Å². The fourth-order valence-electron chi connectivity index (χ4n) is 1.98. The van der Waals surface area contributed by atoms with E-state index < -0.39 is 31.4 Å². The normalized spacial score (nSPS) is 15.1. The molecule has 0 radical (unpaired) electrons. The topological polar surface area (TPSA) is 112 Å². The van der Waals surface area contributed by atoms with Crippen molar-refractivity contribution in [3.05, 3.63) is 35.4 Å². The Balaban J connectivity index is 2.71. The molecule has 0 spiro atoms. The second-order valence-corrected chi connectivity index (χ2v) is 7.51. The number of rotatable bonds is 8. The van der Waals surface area contributed by atoms with Crippen molar-refractivity contribution in [1.82, 2.24) is 0 Å². The highest BCUT2D eigenvalue weighted by molar-refractivity contribution is 7.57. The Bertz CT molecular complexity index is 551. The van der Waals surface area contributed by atoms with Gasteiger partial charge in [-0.3, -0.25) is 14.2 Å². The van der Waals surface area contributed by atoms with Gasteiger partial charge in [0.25, 0.3) is 0 Å². The zero-order valence-corrected chi connectivity index (χ0v) is 12.6. The Kier molecular flexibility index (Phi) is 6.12. The number of hydrogen-bond donors (Lipinski definition) is 3. The molecule has 0 bridgehead atoms. The summed E-state index contributed by atoms with van der Waals surface area (Å²) in [5.74, 6) is -3.48. The third kappa shape index (κ3) is 6.56. The number of hydrogen-bond acceptors (Lipinski definition) is 3. The molecule has 2 atom stereocenters. The average molecular weight is 314 g/mol. The monoisotopic (exact) mass is 314 g/mol. The van der Waals surface area contributed by atoms with E-state index in [-0.39, 0.29) is 19.0 Å². The van der Waals surface area contributed by atoms with Crippen molar-refractivity contribution in [3.8, 4) is 0 Å². The standard InChI is InChI=1S/C14H19O6P/c1-10-2-4-11(5-3-10)8-21(19,20)9-12(14(17)18)6-7-13(15)16/h2-5,12H,6-9H2,1H3,(H,15,16)(H,17,18)(H,19,20)/t12-/m1/s1. The minimum absolute atomic E-state index is 0.107. The molecule has 3 N–H and O–H groups in total. The molecular weight excluding hydrogens is 295 g/mol. The molecule has 0 amide bonds. The molecule has 0 aliphatic heterocycles. The fraction of sp³-hybridized carbons (Fsp3) is 0.429. The van der Waals surface area contributed by atoms with Crippen molar-refractivity contribution in [2.45, 2.75) is 25.9 Å². The minimum Gasteiger partial charge on any atom is -0.481 e. The van der Waals surface area contributed by atoms with E-state index in [1.54, 1.807) is 12.1 Å². The van der Waals surface area contributed by atoms with Crippen LogP contribution in [0.25, 0.3) is 0 Å². The number of carbonyl (C=O) groups is 2. The van der Waals surface area contributed by atoms with E-state index in [4.69, 9.17) is 10.2 Å². The predicted octanol–water partition coefficient (Wildman–Crippen LogP) is 2.33. The number of carboxylic acids is 2. The number of benzene rings is 1. The molecule has 116 valence electrons. The smallest absolute Gasteiger partial charge is 0.307 e. The van der Waals surface area contributed by atoms with Crippen molar-refractivity contribution < 1.29 is 29.3 Å². The molecular formula is C14H19O6P. The van der Waals surface area contributed by atoms with Crippen molar-refractivity contribution in [3.63, 3.8) is 0 Å². The summed E-state index contributed by atoms with van der Waals surface area (Å²) in [6.07, 6.45) is -1.00. The summed E-state index contributed by atoms with van der Waals surface area (Å²) in [6.45, 7) is 1.90. The molecule has 7 heteroatoms. The Morgan fingerprint density at radius 3 is 2.24 bits per heavy atom. The zero-order valence-electron chi connectivity index (χ0n) is 11.7. The van der Waals surface area contributed by atoms with Crippen LogP contribution in [0.5, 0.6) is 0 Å². The van der Waals surface area contributed by atoms with Crippen LogP contribution in [-0.4, -0.2) is 33.2 Å². The highest BCUT2D eigenvalue weighted by Gasteiger charge is 2.29. The molecule has 0 saturated heterocycles. The van der Waals surface area contributed by atoms with E-state index in [0.717, 1.165) is 5.56 Å². The first kappa shape index (κ1) is 17.4. The highest BCUT2D eigenvalue weighted by atomic mass is 31.2. The van der Waals surface area contributed by atoms with Gasteiger partial charge in [-0.2, -0.15) is 0 Å². The van der Waals surface area contributed by atoms with E-state index in [1.165, 1.54) is 0 Å². The van der Waals surface area contributed by atoms with Gasteiger partial charge in [0.05, 0.1) is 5.92 Å². The maximum absolute atomic E-state index is 12.2. The number of aryl methyl sites for hydroxylation is 1. The Morgan fingerprint density at radius 2 is 1.76 bits per heavy atom. The van der Waals surface area contributed by atoms with Gasteiger partial charge in [0.2, 0.25) is 7.37 Å². The van der Waals surface area contributed by atoms with E-state index in [1.807, 2.05) is 19.1 Å². The van der Waals surface area contributed by atoms with Crippen molar-refractivity contribution in [2.24, 2.45) is 5.92 Å². The summed E-state index contributed by atoms with van der Waals surface area (Å²) in [6, 6.07) is 7.08. The summed E-state index contributed by atoms with van der Waals surface area (Å²) >= 11 is 0. The van der Waals surface area contributed by atoms with Gasteiger partial charge in [0.1, 0.15) is 0 Å². The van der Waals surface area contributed by atoms with Gasteiger partial charge in [-0.15, -0.1) is 0 Å². The van der Waals surface area contributed by atoms with E-state index >= 15 is 0 Å². The molecule has 1 aromatic carbocycles. The van der Waals surface area contributed by atoms with Crippen LogP contribution >= 0.6 is 7.37 Å². The third-order valence-electron chi connectivity index (χ3n) is 3.11. The fourth-order valence-corrected chi connectivity index (χ4v) is 3.92. The lowest BCUT2D eigenvalue weighted by Crippen LogP contribution is -2.19. The van der Waals surface area contributed by atoms with Crippen LogP contribution in [0.3, 0.4) is 0 Å². The van der Waals surface area contributed by atoms with Crippen molar-refractivity contribution in [1.29, 1.82) is 0 Å². The highest BCUT2D eigenvalue weighted by Crippen LogP contribution is 2.46. The summed E-state index contributed by atoms with van der Waals surface area (Å²) in [5.41, 5.74) is 1.69. The lowest BCUT2D eigenvalue weighted by atomic mass is 10.1. The van der Waals surface area contributed by atoms with Gasteiger partial charge in [-0.1, -0.05) is 29.8 Å². The third-order valence-corrected chi connectivity index (χ3v) is 4.98. The second-order valence-electron chi connectivity index (χ2n) is 5.14. The van der Waals surface area contributed by atoms with E-state index in [9.17, 15) is 19.0 Å². The average Bonchev–Trinajstić information content (AvgIpc) is 2.36. The Morgan fingerprint density at radius 1 is 1.19 bits per heavy atom. The van der Waals surface area contributed by atoms with Gasteiger partial charge in [0.15, 0.2) is 0 Å². The van der Waals surface area contributed by atoms with Gasteiger partial charge in [0, 0.05) is 18.7 Å². The van der Waals surface area contributed by atoms with Crippen molar-refractivity contribution in [2.75, 3.05) is 6.16 Å². The first-order valence-corrected chi connectivity index (χ1v) is 8.53. The van der Waals surface area contributed by atoms with E-state index in [0.29, 0.717) is 5.56 Å². The minimum atomic E-state index is -3.67. The first-order chi connectivity index (χ1) is 9.69. The van der Waals surface area contributed by atoms with Crippen LogP contribution < -0.4 is 0 Å². The SMILES string of the molecule is Cc1ccc(CP(=O)(O)C[C@@H](CCC(=O)O)C(=O)O)cc1. The second kappa shape index (κ2) is 7.38. The molecule has 0 heterocycles. The van der Waals surface area contributed by atoms with Crippen LogP contribution in [0.15, 0.2) is 24.3 Å². The molecule has 1 unspecified atom stereocenters. The van der Waals surface area contributed by atoms with Gasteiger partial charge < -0.3 is 15.1 Å². The molecule has 0 aliphatic rings. The molecule has 1 rings (SSSR count). The predicted molar refractivity (Wildman–Crippen MR) is 77.6 cm³/mol. The van der Waals surface area contributed by atoms with Gasteiger partial charge in [-0.25, -0.2) is 0 Å². The zero-order chi connectivity index (χ0) is 16.0. The maximum atomic E-state index is 12.2. The molecule has 0 aromatic heterocycles. The number of carboxylic acid groups (broad SMARTS) is 2. The summed E-state index contributed by atoms with van der Waals surface area (Å²) in [5, 5.41) is 17.6. The summed E-state index contributed by atoms with van der Waals surface area (Å²) < 4.78 is 12.2. The van der Waals surface area contributed by atoms with Crippen LogP contribution in [0.1, 0.15) is 24.0 Å². The largest absolute Gasteiger partial charge is 0.481 e. The molecule has 0 saturated carbocycles. The molecule has 0 aliphatic carbocycles. The number of aliphatic carboxylic acids is 2. The summed E-state index contributed by atoms with van der Waals surface area (Å²) in [4.78, 5) is 31.5. The van der Waals surface area contributed by atoms with E-state index in [2.05, 4.69) is 0 Å². The van der Waals surface area contributed by atoms with Crippen LogP contribution in [0.2, 0.25) is 0 Å². The van der Waals surface area contributed by atoms with Crippen molar-refractivity contribution >= 4 is 19.3 Å². The quantitative estimate of drug-likeness (QED) is 0.635. The molecule has 0 fully saturated rings. The Hall–Kier alpha value is -1.65. The first-order valence-electron chi connectivity index (χ1n) is 6.50. The summed E-state index contributed by atoms with van der Waals surface area (Å²) in [7, 11) is -3.67. The van der Waals surface area contributed by atoms with Crippen LogP contribution in [0, 0.1) is 12.8 Å². The maximum Gasteiger partial charge on any atom is 0.307 e. The van der Waals surface area contributed by atoms with Crippen LogP contribution in [-0.2, 0) is 20.3 Å². The molecule has 1 aromatic rings. The van der Waals surface area contributed by atoms with Gasteiger partial charge in [-0.05, 0) is 18.9 Å². The Labute approximate surface area is 122 Å². The lowest BCUT2D eigenvalue weighted by Gasteiger charge is -2.17. The molecule has 21 heavy (non-hydrogen) atoms.